The van der Waals surface area contributed by atoms with Gasteiger partial charge in [-0.3, -0.25) is 4.79 Å². The summed E-state index contributed by atoms with van der Waals surface area (Å²) in [5.41, 5.74) is 0. The second-order valence-corrected chi connectivity index (χ2v) is 17.9. The van der Waals surface area contributed by atoms with Gasteiger partial charge in [0.25, 0.3) is 0 Å². The third-order valence-corrected chi connectivity index (χ3v) is 12.0. The Kier molecular flexibility index (Phi) is 42.5. The molecule has 1 fully saturated rings. The lowest BCUT2D eigenvalue weighted by Crippen LogP contribution is -2.60. The van der Waals surface area contributed by atoms with Crippen molar-refractivity contribution in [3.63, 3.8) is 0 Å². The van der Waals surface area contributed by atoms with Gasteiger partial charge in [-0.15, -0.1) is 0 Å². The Morgan fingerprint density at radius 3 is 1.36 bits per heavy atom. The van der Waals surface area contributed by atoms with Crippen LogP contribution in [0.2, 0.25) is 0 Å². The minimum absolute atomic E-state index is 0.162. The maximum absolute atomic E-state index is 13.0. The first-order valence-corrected chi connectivity index (χ1v) is 26.4. The number of unbranched alkanes of at least 4 members (excludes halogenated alkanes) is 17. The lowest BCUT2D eigenvalue weighted by molar-refractivity contribution is -0.302. The zero-order valence-corrected chi connectivity index (χ0v) is 41.7. The number of hydrogen-bond acceptors (Lipinski definition) is 8. The van der Waals surface area contributed by atoms with Crippen molar-refractivity contribution in [2.45, 2.75) is 243 Å². The molecule has 0 saturated carbocycles. The van der Waals surface area contributed by atoms with Gasteiger partial charge in [0.15, 0.2) is 6.29 Å². The van der Waals surface area contributed by atoms with E-state index in [9.17, 15) is 30.3 Å². The molecule has 0 aliphatic carbocycles. The summed E-state index contributed by atoms with van der Waals surface area (Å²) < 4.78 is 11.3. The zero-order valence-electron chi connectivity index (χ0n) is 41.7. The van der Waals surface area contributed by atoms with Gasteiger partial charge >= 0.3 is 0 Å². The van der Waals surface area contributed by atoms with E-state index in [1.807, 2.05) is 0 Å². The van der Waals surface area contributed by atoms with Crippen LogP contribution < -0.4 is 5.32 Å². The van der Waals surface area contributed by atoms with Crippen LogP contribution in [0.1, 0.15) is 200 Å². The fraction of sp³-hybridized carbons (Fsp3) is 0.702. The molecule has 7 atom stereocenters. The molecule has 0 bridgehead atoms. The van der Waals surface area contributed by atoms with Crippen molar-refractivity contribution < 1.29 is 39.8 Å². The van der Waals surface area contributed by atoms with Crippen LogP contribution in [0.15, 0.2) is 97.2 Å². The predicted molar refractivity (Wildman–Crippen MR) is 276 cm³/mol. The monoisotopic (exact) mass is 924 g/mol. The molecular weight excluding hydrogens is 827 g/mol. The summed E-state index contributed by atoms with van der Waals surface area (Å²) in [7, 11) is 0. The van der Waals surface area contributed by atoms with E-state index < -0.39 is 49.5 Å². The van der Waals surface area contributed by atoms with Gasteiger partial charge in [0.1, 0.15) is 24.4 Å². The Morgan fingerprint density at radius 2 is 0.939 bits per heavy atom. The molecule has 9 heteroatoms. The maximum Gasteiger partial charge on any atom is 0.220 e. The van der Waals surface area contributed by atoms with Crippen LogP contribution in [0.25, 0.3) is 0 Å². The van der Waals surface area contributed by atoms with Crippen molar-refractivity contribution in [2.75, 3.05) is 13.2 Å². The van der Waals surface area contributed by atoms with Crippen LogP contribution in [-0.4, -0.2) is 87.5 Å². The highest BCUT2D eigenvalue weighted by molar-refractivity contribution is 5.76. The van der Waals surface area contributed by atoms with E-state index in [-0.39, 0.29) is 12.5 Å². The van der Waals surface area contributed by atoms with E-state index >= 15 is 0 Å². The fourth-order valence-electron chi connectivity index (χ4n) is 7.76. The molecule has 0 aromatic rings. The van der Waals surface area contributed by atoms with Gasteiger partial charge in [0, 0.05) is 6.42 Å². The van der Waals surface area contributed by atoms with Gasteiger partial charge in [-0.2, -0.15) is 0 Å². The van der Waals surface area contributed by atoms with Crippen molar-refractivity contribution in [2.24, 2.45) is 0 Å². The van der Waals surface area contributed by atoms with E-state index in [0.29, 0.717) is 19.3 Å². The number of carbonyl (C=O) groups excluding carboxylic acids is 1. The molecule has 1 amide bonds. The Morgan fingerprint density at radius 1 is 0.530 bits per heavy atom. The Labute approximate surface area is 403 Å². The van der Waals surface area contributed by atoms with Crippen LogP contribution >= 0.6 is 0 Å². The molecule has 6 N–H and O–H groups in total. The third kappa shape index (κ3) is 35.3. The summed E-state index contributed by atoms with van der Waals surface area (Å²) in [5.74, 6) is -0.190. The number of ether oxygens (including phenoxy) is 2. The van der Waals surface area contributed by atoms with Crippen molar-refractivity contribution in [3.8, 4) is 0 Å². The van der Waals surface area contributed by atoms with Crippen LogP contribution in [-0.2, 0) is 14.3 Å². The predicted octanol–water partition coefficient (Wildman–Crippen LogP) is 12.5. The number of allylic oxidation sites excluding steroid dienone is 16. The molecule has 1 saturated heterocycles. The summed E-state index contributed by atoms with van der Waals surface area (Å²) in [6.07, 6.45) is 58.5. The Hall–Kier alpha value is -2.89. The second kappa shape index (κ2) is 45.9. The van der Waals surface area contributed by atoms with Gasteiger partial charge in [0.2, 0.25) is 5.91 Å². The summed E-state index contributed by atoms with van der Waals surface area (Å²) in [5, 5.41) is 54.5. The average molecular weight is 924 g/mol. The SMILES string of the molecule is CC/C=C\C/C=C\C/C=C\C/C=C\C/C=C\C/C=C\C/C=C\C/C=C\CCCCC(=O)NC(COC1OC(CO)C(O)C(O)C1O)C(O)CCCCCCCCCCCCCCCCCC. The quantitative estimate of drug-likeness (QED) is 0.0262. The minimum atomic E-state index is -1.57. The number of rotatable bonds is 43. The summed E-state index contributed by atoms with van der Waals surface area (Å²) in [4.78, 5) is 13.0. The minimum Gasteiger partial charge on any atom is -0.394 e. The van der Waals surface area contributed by atoms with Gasteiger partial charge in [-0.1, -0.05) is 214 Å². The normalized spacial score (nSPS) is 20.6. The van der Waals surface area contributed by atoms with Crippen LogP contribution in [0.5, 0.6) is 0 Å². The number of hydrogen-bond donors (Lipinski definition) is 6. The van der Waals surface area contributed by atoms with Crippen LogP contribution in [0.4, 0.5) is 0 Å². The maximum atomic E-state index is 13.0. The molecular formula is C57H97NO8. The molecule has 378 valence electrons. The van der Waals surface area contributed by atoms with Gasteiger partial charge in [0.05, 0.1) is 25.4 Å². The number of carbonyl (C=O) groups is 1. The number of amides is 1. The largest absolute Gasteiger partial charge is 0.394 e. The number of aliphatic hydroxyl groups is 5. The lowest BCUT2D eigenvalue weighted by Gasteiger charge is -2.40. The Bertz CT molecular complexity index is 1350. The average Bonchev–Trinajstić information content (AvgIpc) is 3.32. The van der Waals surface area contributed by atoms with Gasteiger partial charge < -0.3 is 40.3 Å². The molecule has 0 aromatic heterocycles. The summed E-state index contributed by atoms with van der Waals surface area (Å²) in [6, 6.07) is -0.749. The lowest BCUT2D eigenvalue weighted by atomic mass is 9.99. The van der Waals surface area contributed by atoms with Crippen LogP contribution in [0, 0.1) is 0 Å². The van der Waals surface area contributed by atoms with Crippen molar-refractivity contribution in [1.82, 2.24) is 5.32 Å². The molecule has 1 heterocycles. The molecule has 0 aromatic carbocycles. The highest BCUT2D eigenvalue weighted by Gasteiger charge is 2.44. The zero-order chi connectivity index (χ0) is 48.0. The molecule has 9 nitrogen and oxygen atoms in total. The van der Waals surface area contributed by atoms with E-state index in [0.717, 1.165) is 83.5 Å². The first-order chi connectivity index (χ1) is 32.3. The van der Waals surface area contributed by atoms with E-state index in [1.54, 1.807) is 0 Å². The fourth-order valence-corrected chi connectivity index (χ4v) is 7.76. The van der Waals surface area contributed by atoms with Gasteiger partial charge in [-0.25, -0.2) is 0 Å². The van der Waals surface area contributed by atoms with Crippen molar-refractivity contribution >= 4 is 5.91 Å². The summed E-state index contributed by atoms with van der Waals surface area (Å²) in [6.45, 7) is 3.69. The topological polar surface area (TPSA) is 149 Å². The smallest absolute Gasteiger partial charge is 0.220 e. The molecule has 1 aliphatic heterocycles. The molecule has 1 rings (SSSR count). The molecule has 1 aliphatic rings. The highest BCUT2D eigenvalue weighted by Crippen LogP contribution is 2.23. The molecule has 66 heavy (non-hydrogen) atoms. The van der Waals surface area contributed by atoms with Gasteiger partial charge in [-0.05, 0) is 77.0 Å². The number of nitrogens with one attached hydrogen (secondary N) is 1. The molecule has 0 spiro atoms. The van der Waals surface area contributed by atoms with E-state index in [4.69, 9.17) is 9.47 Å². The summed E-state index contributed by atoms with van der Waals surface area (Å²) >= 11 is 0. The molecule has 7 unspecified atom stereocenters. The van der Waals surface area contributed by atoms with E-state index in [1.165, 1.54) is 83.5 Å². The highest BCUT2D eigenvalue weighted by atomic mass is 16.7. The second-order valence-electron chi connectivity index (χ2n) is 17.9. The van der Waals surface area contributed by atoms with Crippen LogP contribution in [0.3, 0.4) is 0 Å². The number of aliphatic hydroxyl groups excluding tert-OH is 5. The first kappa shape index (κ1) is 61.1. The Balaban J connectivity index is 2.31. The first-order valence-electron chi connectivity index (χ1n) is 26.4. The molecule has 0 radical (unpaired) electrons. The standard InChI is InChI=1S/C57H97NO8/c1-3-5-7-9-11-13-15-17-19-21-22-23-24-25-26-27-28-29-30-31-33-35-37-39-41-43-45-47-53(61)58-50(49-65-57-56(64)55(63)54(62)52(48-59)66-57)51(60)46-44-42-40-38-36-34-32-20-18-16-14-12-10-8-6-4-2/h5,7,11,13,17,19,22-23,25-26,28-29,31,33,37,39,50-52,54-57,59-60,62-64H,3-4,6,8-10,12,14-16,18,20-21,24,27,30,32,34-36,38,40-49H2,1-2H3,(H,58,61)/b7-5-,13-11-,19-17-,23-22-,26-25-,29-28-,33-31-,39-37-. The van der Waals surface area contributed by atoms with Crippen molar-refractivity contribution in [1.29, 1.82) is 0 Å². The van der Waals surface area contributed by atoms with Crippen molar-refractivity contribution in [3.05, 3.63) is 97.2 Å². The van der Waals surface area contributed by atoms with E-state index in [2.05, 4.69) is 116 Å². The third-order valence-electron chi connectivity index (χ3n) is 12.0.